The monoisotopic (exact) mass is 564 g/mol. The number of nitrogens with one attached hydrogen (secondary N) is 2. The number of rotatable bonds is 9. The molecule has 1 amide bonds. The molecule has 3 rings (SSSR count). The van der Waals surface area contributed by atoms with Gasteiger partial charge in [-0.3, -0.25) is 19.6 Å². The third kappa shape index (κ3) is 8.95. The maximum atomic E-state index is 12.4. The van der Waals surface area contributed by atoms with Crippen LogP contribution in [-0.2, 0) is 9.53 Å². The van der Waals surface area contributed by atoms with E-state index in [1.165, 1.54) is 6.42 Å². The molecule has 1 atom stereocenters. The van der Waals surface area contributed by atoms with Crippen molar-refractivity contribution >= 4 is 35.8 Å². The summed E-state index contributed by atoms with van der Waals surface area (Å²) in [7, 11) is 0. The molecule has 8 nitrogen and oxygen atoms in total. The van der Waals surface area contributed by atoms with E-state index in [4.69, 9.17) is 9.73 Å². The highest BCUT2D eigenvalue weighted by molar-refractivity contribution is 14.0. The van der Waals surface area contributed by atoms with Crippen LogP contribution in [0.25, 0.3) is 0 Å². The van der Waals surface area contributed by atoms with Gasteiger partial charge in [-0.25, -0.2) is 0 Å². The number of aliphatic imine (C=N–C) groups is 1. The number of morpholine rings is 1. The molecule has 0 spiro atoms. The molecule has 32 heavy (non-hydrogen) atoms. The van der Waals surface area contributed by atoms with Crippen molar-refractivity contribution in [2.75, 3.05) is 78.6 Å². The Morgan fingerprint density at radius 1 is 1.09 bits per heavy atom. The van der Waals surface area contributed by atoms with E-state index in [0.29, 0.717) is 24.3 Å². The fourth-order valence-corrected chi connectivity index (χ4v) is 4.55. The Hall–Kier alpha value is -0.650. The lowest BCUT2D eigenvalue weighted by Crippen LogP contribution is -2.52. The number of halogens is 1. The lowest BCUT2D eigenvalue weighted by molar-refractivity contribution is -0.139. The number of piperazine rings is 1. The van der Waals surface area contributed by atoms with Crippen molar-refractivity contribution in [3.63, 3.8) is 0 Å². The molecule has 2 aliphatic heterocycles. The van der Waals surface area contributed by atoms with Crippen LogP contribution < -0.4 is 10.6 Å². The third-order valence-corrected chi connectivity index (χ3v) is 6.50. The van der Waals surface area contributed by atoms with Crippen LogP contribution in [0, 0.1) is 11.8 Å². The molecule has 2 saturated heterocycles. The fourth-order valence-electron chi connectivity index (χ4n) is 4.55. The molecule has 0 aromatic heterocycles. The maximum absolute atomic E-state index is 12.4. The summed E-state index contributed by atoms with van der Waals surface area (Å²) < 4.78 is 5.93. The zero-order valence-electron chi connectivity index (χ0n) is 20.4. The van der Waals surface area contributed by atoms with Crippen LogP contribution in [0.2, 0.25) is 0 Å². The molecule has 1 saturated carbocycles. The minimum absolute atomic E-state index is 0. The first-order valence-electron chi connectivity index (χ1n) is 12.4. The Balaban J connectivity index is 0.00000363. The predicted molar refractivity (Wildman–Crippen MR) is 141 cm³/mol. The molecule has 1 unspecified atom stereocenters. The second-order valence-electron chi connectivity index (χ2n) is 9.59. The van der Waals surface area contributed by atoms with Crippen molar-refractivity contribution in [2.24, 2.45) is 16.8 Å². The van der Waals surface area contributed by atoms with E-state index in [9.17, 15) is 4.79 Å². The molecule has 0 aromatic rings. The molecule has 0 radical (unpaired) electrons. The average Bonchev–Trinajstić information content (AvgIpc) is 2.71. The van der Waals surface area contributed by atoms with Crippen LogP contribution >= 0.6 is 24.0 Å². The van der Waals surface area contributed by atoms with Gasteiger partial charge < -0.3 is 20.3 Å². The van der Waals surface area contributed by atoms with Gasteiger partial charge in [-0.2, -0.15) is 0 Å². The molecule has 186 valence electrons. The Morgan fingerprint density at radius 3 is 2.47 bits per heavy atom. The SMILES string of the molecule is CCNC(=NCC1CN(CC(C)C)CCO1)NCCN1CCN(C(=O)C2CCC2)CC1.I. The highest BCUT2D eigenvalue weighted by Crippen LogP contribution is 2.28. The van der Waals surface area contributed by atoms with E-state index in [-0.39, 0.29) is 30.1 Å². The molecule has 2 N–H and O–H groups in total. The number of ether oxygens (including phenoxy) is 1. The number of carbonyl (C=O) groups excluding carboxylic acids is 1. The predicted octanol–water partition coefficient (Wildman–Crippen LogP) is 1.46. The van der Waals surface area contributed by atoms with Crippen molar-refractivity contribution in [3.05, 3.63) is 0 Å². The highest BCUT2D eigenvalue weighted by atomic mass is 127. The van der Waals surface area contributed by atoms with Crippen LogP contribution in [0.15, 0.2) is 4.99 Å². The summed E-state index contributed by atoms with van der Waals surface area (Å²) in [5.74, 6) is 2.26. The Kier molecular flexibility index (Phi) is 12.6. The zero-order chi connectivity index (χ0) is 22.1. The van der Waals surface area contributed by atoms with Gasteiger partial charge in [-0.15, -0.1) is 24.0 Å². The normalized spacial score (nSPS) is 23.6. The standard InChI is InChI=1S/C23H44N6O2.HI/c1-4-24-23(26-16-21-18-28(14-15-31-21)17-19(2)3)25-8-9-27-10-12-29(13-11-27)22(30)20-6-5-7-20;/h19-21H,4-18H2,1-3H3,(H2,24,25,26);1H. The highest BCUT2D eigenvalue weighted by Gasteiger charge is 2.31. The number of hydrogen-bond acceptors (Lipinski definition) is 5. The summed E-state index contributed by atoms with van der Waals surface area (Å²) in [6.45, 7) is 17.6. The Bertz CT molecular complexity index is 579. The molecule has 2 heterocycles. The molecule has 3 fully saturated rings. The lowest BCUT2D eigenvalue weighted by Gasteiger charge is -2.38. The van der Waals surface area contributed by atoms with Gasteiger partial charge in [0.05, 0.1) is 19.3 Å². The van der Waals surface area contributed by atoms with Crippen molar-refractivity contribution in [1.82, 2.24) is 25.3 Å². The van der Waals surface area contributed by atoms with Gasteiger partial charge in [-0.05, 0) is 25.7 Å². The van der Waals surface area contributed by atoms with Gasteiger partial charge in [0.15, 0.2) is 5.96 Å². The van der Waals surface area contributed by atoms with Crippen LogP contribution in [-0.4, -0.2) is 111 Å². The molecular formula is C23H45IN6O2. The molecule has 9 heteroatoms. The van der Waals surface area contributed by atoms with Crippen molar-refractivity contribution in [3.8, 4) is 0 Å². The van der Waals surface area contributed by atoms with E-state index in [1.54, 1.807) is 0 Å². The summed E-state index contributed by atoms with van der Waals surface area (Å²) in [5, 5.41) is 6.82. The van der Waals surface area contributed by atoms with Crippen molar-refractivity contribution in [1.29, 1.82) is 0 Å². The number of hydrogen-bond donors (Lipinski definition) is 2. The van der Waals surface area contributed by atoms with E-state index >= 15 is 0 Å². The van der Waals surface area contributed by atoms with Gasteiger partial charge >= 0.3 is 0 Å². The smallest absolute Gasteiger partial charge is 0.225 e. The Labute approximate surface area is 211 Å². The molecule has 0 aromatic carbocycles. The first-order chi connectivity index (χ1) is 15.0. The Morgan fingerprint density at radius 2 is 1.84 bits per heavy atom. The minimum Gasteiger partial charge on any atom is -0.374 e. The fraction of sp³-hybridized carbons (Fsp3) is 0.913. The number of nitrogens with zero attached hydrogens (tertiary/aromatic N) is 4. The topological polar surface area (TPSA) is 72.4 Å². The van der Waals surface area contributed by atoms with Gasteiger partial charge in [0.2, 0.25) is 5.91 Å². The second-order valence-corrected chi connectivity index (χ2v) is 9.59. The first-order valence-corrected chi connectivity index (χ1v) is 12.4. The van der Waals surface area contributed by atoms with E-state index in [2.05, 4.69) is 46.1 Å². The number of carbonyl (C=O) groups is 1. The van der Waals surface area contributed by atoms with Crippen LogP contribution in [0.1, 0.15) is 40.0 Å². The molecule has 0 bridgehead atoms. The summed E-state index contributed by atoms with van der Waals surface area (Å²) in [6, 6.07) is 0. The second kappa shape index (κ2) is 14.6. The van der Waals surface area contributed by atoms with E-state index < -0.39 is 0 Å². The molecule has 1 aliphatic carbocycles. The van der Waals surface area contributed by atoms with E-state index in [1.807, 2.05) is 0 Å². The maximum Gasteiger partial charge on any atom is 0.225 e. The van der Waals surface area contributed by atoms with Crippen LogP contribution in [0.5, 0.6) is 0 Å². The number of guanidine groups is 1. The minimum atomic E-state index is 0. The summed E-state index contributed by atoms with van der Waals surface area (Å²) in [4.78, 5) is 24.2. The number of amides is 1. The summed E-state index contributed by atoms with van der Waals surface area (Å²) in [5.41, 5.74) is 0. The van der Waals surface area contributed by atoms with Gasteiger partial charge in [0, 0.05) is 71.4 Å². The first kappa shape index (κ1) is 27.6. The largest absolute Gasteiger partial charge is 0.374 e. The van der Waals surface area contributed by atoms with Crippen molar-refractivity contribution < 1.29 is 9.53 Å². The quantitative estimate of drug-likeness (QED) is 0.251. The van der Waals surface area contributed by atoms with Gasteiger partial charge in [0.25, 0.3) is 0 Å². The molecular weight excluding hydrogens is 519 g/mol. The van der Waals surface area contributed by atoms with Gasteiger partial charge in [0.1, 0.15) is 0 Å². The van der Waals surface area contributed by atoms with Gasteiger partial charge in [-0.1, -0.05) is 20.3 Å². The molecule has 3 aliphatic rings. The third-order valence-electron chi connectivity index (χ3n) is 6.50. The van der Waals surface area contributed by atoms with E-state index in [0.717, 1.165) is 90.9 Å². The summed E-state index contributed by atoms with van der Waals surface area (Å²) in [6.07, 6.45) is 3.58. The average molecular weight is 565 g/mol. The van der Waals surface area contributed by atoms with Crippen LogP contribution in [0.3, 0.4) is 0 Å². The van der Waals surface area contributed by atoms with Crippen LogP contribution in [0.4, 0.5) is 0 Å². The lowest BCUT2D eigenvalue weighted by atomic mass is 9.84. The summed E-state index contributed by atoms with van der Waals surface area (Å²) >= 11 is 0. The zero-order valence-corrected chi connectivity index (χ0v) is 22.7. The van der Waals surface area contributed by atoms with Crippen molar-refractivity contribution in [2.45, 2.75) is 46.1 Å².